The van der Waals surface area contributed by atoms with E-state index in [1.807, 2.05) is 11.0 Å². The van der Waals surface area contributed by atoms with Crippen molar-refractivity contribution in [3.63, 3.8) is 0 Å². The number of hydrogen-bond acceptors (Lipinski definition) is 3. The number of rotatable bonds is 8. The van der Waals surface area contributed by atoms with E-state index in [2.05, 4.69) is 29.6 Å². The zero-order chi connectivity index (χ0) is 15.0. The molecule has 0 atom stereocenters. The maximum atomic E-state index is 11.6. The third kappa shape index (κ3) is 4.29. The Balaban J connectivity index is 1.92. The summed E-state index contributed by atoms with van der Waals surface area (Å²) in [5, 5.41) is 3.36. The zero-order valence-electron chi connectivity index (χ0n) is 12.9. The third-order valence-electron chi connectivity index (χ3n) is 4.39. The fraction of sp³-hybridized carbons (Fsp3) is 0.588. The fourth-order valence-corrected chi connectivity index (χ4v) is 3.18. The van der Waals surface area contributed by atoms with Gasteiger partial charge in [-0.3, -0.25) is 4.79 Å². The molecule has 0 radical (unpaired) electrons. The minimum Gasteiger partial charge on any atom is -0.382 e. The highest BCUT2D eigenvalue weighted by molar-refractivity contribution is 5.49. The number of piperidine rings is 1. The van der Waals surface area contributed by atoms with Crippen LogP contribution in [0.3, 0.4) is 0 Å². The number of hydrogen-bond donors (Lipinski definition) is 1. The molecule has 1 fully saturated rings. The monoisotopic (exact) mass is 290 g/mol. The van der Waals surface area contributed by atoms with Crippen molar-refractivity contribution in [1.29, 1.82) is 0 Å². The van der Waals surface area contributed by atoms with Gasteiger partial charge in [-0.05, 0) is 44.3 Å². The second-order valence-corrected chi connectivity index (χ2v) is 5.80. The van der Waals surface area contributed by atoms with Gasteiger partial charge in [-0.1, -0.05) is 30.3 Å². The van der Waals surface area contributed by atoms with Crippen molar-refractivity contribution < 1.29 is 9.53 Å². The normalized spacial score (nSPS) is 17.4. The van der Waals surface area contributed by atoms with Crippen LogP contribution in [0.25, 0.3) is 0 Å². The number of benzene rings is 1. The summed E-state index contributed by atoms with van der Waals surface area (Å²) in [5.74, 6) is 0. The summed E-state index contributed by atoms with van der Waals surface area (Å²) in [6, 6.07) is 10.4. The van der Waals surface area contributed by atoms with Crippen LogP contribution in [-0.2, 0) is 16.0 Å². The second-order valence-electron chi connectivity index (χ2n) is 5.80. The van der Waals surface area contributed by atoms with Crippen LogP contribution in [0, 0.1) is 0 Å². The number of carbonyl (C=O) groups is 1. The minimum absolute atomic E-state index is 0.127. The number of nitrogens with one attached hydrogen (secondary N) is 1. The highest BCUT2D eigenvalue weighted by Gasteiger charge is 2.37. The van der Waals surface area contributed by atoms with Crippen LogP contribution in [0.15, 0.2) is 30.3 Å². The molecular weight excluding hydrogens is 264 g/mol. The number of aryl methyl sites for hydroxylation is 1. The molecule has 4 nitrogen and oxygen atoms in total. The molecule has 1 aliphatic rings. The van der Waals surface area contributed by atoms with Gasteiger partial charge in [0, 0.05) is 13.7 Å². The van der Waals surface area contributed by atoms with Crippen molar-refractivity contribution in [2.75, 3.05) is 33.4 Å². The summed E-state index contributed by atoms with van der Waals surface area (Å²) in [5.41, 5.74) is 1.20. The Morgan fingerprint density at radius 3 is 2.62 bits per heavy atom. The first-order valence-corrected chi connectivity index (χ1v) is 7.76. The number of methoxy groups -OCH3 is 1. The Hall–Kier alpha value is -1.39. The van der Waals surface area contributed by atoms with Crippen molar-refractivity contribution >= 4 is 6.41 Å². The summed E-state index contributed by atoms with van der Waals surface area (Å²) in [4.78, 5) is 13.5. The van der Waals surface area contributed by atoms with Crippen LogP contribution >= 0.6 is 0 Å². The number of carbonyl (C=O) groups excluding carboxylic acids is 1. The highest BCUT2D eigenvalue weighted by Crippen LogP contribution is 2.26. The third-order valence-corrected chi connectivity index (χ3v) is 4.39. The number of amides is 1. The van der Waals surface area contributed by atoms with E-state index in [0.29, 0.717) is 6.61 Å². The van der Waals surface area contributed by atoms with E-state index < -0.39 is 0 Å². The smallest absolute Gasteiger partial charge is 0.210 e. The van der Waals surface area contributed by atoms with Crippen LogP contribution < -0.4 is 5.32 Å². The van der Waals surface area contributed by atoms with Crippen LogP contribution in [0.5, 0.6) is 0 Å². The van der Waals surface area contributed by atoms with E-state index in [0.717, 1.165) is 51.7 Å². The molecule has 0 aromatic heterocycles. The average Bonchev–Trinajstić information content (AvgIpc) is 2.54. The van der Waals surface area contributed by atoms with E-state index in [9.17, 15) is 4.79 Å². The molecule has 0 bridgehead atoms. The molecule has 116 valence electrons. The molecule has 1 aromatic rings. The SMILES string of the molecule is COCC1(N(C=O)CCCc2ccccc2)CCNCC1. The molecule has 1 aliphatic heterocycles. The summed E-state index contributed by atoms with van der Waals surface area (Å²) >= 11 is 0. The Morgan fingerprint density at radius 2 is 2.00 bits per heavy atom. The maximum absolute atomic E-state index is 11.6. The van der Waals surface area contributed by atoms with Crippen LogP contribution in [0.4, 0.5) is 0 Å². The Labute approximate surface area is 127 Å². The van der Waals surface area contributed by atoms with Crippen LogP contribution in [-0.4, -0.2) is 50.2 Å². The molecule has 1 amide bonds. The van der Waals surface area contributed by atoms with E-state index in [1.165, 1.54) is 5.56 Å². The topological polar surface area (TPSA) is 41.6 Å². The molecule has 21 heavy (non-hydrogen) atoms. The fourth-order valence-electron chi connectivity index (χ4n) is 3.18. The lowest BCUT2D eigenvalue weighted by atomic mass is 9.87. The molecule has 0 spiro atoms. The van der Waals surface area contributed by atoms with Crippen LogP contribution in [0.1, 0.15) is 24.8 Å². The first-order chi connectivity index (χ1) is 10.3. The van der Waals surface area contributed by atoms with Gasteiger partial charge in [0.05, 0.1) is 12.1 Å². The van der Waals surface area contributed by atoms with E-state index >= 15 is 0 Å². The zero-order valence-corrected chi connectivity index (χ0v) is 12.9. The molecule has 1 N–H and O–H groups in total. The minimum atomic E-state index is -0.127. The van der Waals surface area contributed by atoms with Gasteiger partial charge in [0.25, 0.3) is 0 Å². The summed E-state index contributed by atoms with van der Waals surface area (Å²) < 4.78 is 5.40. The lowest BCUT2D eigenvalue weighted by Gasteiger charge is -2.44. The second kappa shape index (κ2) is 8.15. The van der Waals surface area contributed by atoms with Gasteiger partial charge in [0.15, 0.2) is 0 Å². The molecule has 1 heterocycles. The molecular formula is C17H26N2O2. The van der Waals surface area contributed by atoms with Gasteiger partial charge in [-0.15, -0.1) is 0 Å². The predicted octanol–water partition coefficient (Wildman–Crippen LogP) is 1.85. The lowest BCUT2D eigenvalue weighted by molar-refractivity contribution is -0.128. The largest absolute Gasteiger partial charge is 0.382 e. The van der Waals surface area contributed by atoms with Crippen LogP contribution in [0.2, 0.25) is 0 Å². The van der Waals surface area contributed by atoms with Gasteiger partial charge in [-0.25, -0.2) is 0 Å². The Kier molecular flexibility index (Phi) is 6.21. The number of ether oxygens (including phenoxy) is 1. The summed E-state index contributed by atoms with van der Waals surface area (Å²) in [7, 11) is 1.72. The van der Waals surface area contributed by atoms with Gasteiger partial charge < -0.3 is 15.0 Å². The van der Waals surface area contributed by atoms with E-state index in [4.69, 9.17) is 4.74 Å². The van der Waals surface area contributed by atoms with Crippen molar-refractivity contribution in [2.45, 2.75) is 31.2 Å². The predicted molar refractivity (Wildman–Crippen MR) is 84.2 cm³/mol. The standard InChI is InChI=1S/C17H26N2O2/c1-21-14-17(9-11-18-12-10-17)19(15-20)13-5-8-16-6-3-2-4-7-16/h2-4,6-7,15,18H,5,8-14H2,1H3. The molecule has 2 rings (SSSR count). The maximum Gasteiger partial charge on any atom is 0.210 e. The lowest BCUT2D eigenvalue weighted by Crippen LogP contribution is -2.57. The first kappa shape index (κ1) is 16.0. The molecule has 1 aromatic carbocycles. The van der Waals surface area contributed by atoms with Crippen molar-refractivity contribution in [3.8, 4) is 0 Å². The van der Waals surface area contributed by atoms with E-state index in [-0.39, 0.29) is 5.54 Å². The summed E-state index contributed by atoms with van der Waals surface area (Å²) in [6.45, 7) is 3.32. The van der Waals surface area contributed by atoms with Gasteiger partial charge in [-0.2, -0.15) is 0 Å². The van der Waals surface area contributed by atoms with E-state index in [1.54, 1.807) is 7.11 Å². The van der Waals surface area contributed by atoms with Gasteiger partial charge in [0.1, 0.15) is 0 Å². The highest BCUT2D eigenvalue weighted by atomic mass is 16.5. The molecule has 0 aliphatic carbocycles. The quantitative estimate of drug-likeness (QED) is 0.743. The molecule has 0 unspecified atom stereocenters. The first-order valence-electron chi connectivity index (χ1n) is 7.76. The number of nitrogens with zero attached hydrogens (tertiary/aromatic N) is 1. The molecule has 4 heteroatoms. The Morgan fingerprint density at radius 1 is 1.29 bits per heavy atom. The average molecular weight is 290 g/mol. The molecule has 0 saturated carbocycles. The van der Waals surface area contributed by atoms with Crippen molar-refractivity contribution in [3.05, 3.63) is 35.9 Å². The Bertz CT molecular complexity index is 411. The van der Waals surface area contributed by atoms with Crippen molar-refractivity contribution in [1.82, 2.24) is 10.2 Å². The summed E-state index contributed by atoms with van der Waals surface area (Å²) in [6.07, 6.45) is 4.93. The van der Waals surface area contributed by atoms with Crippen molar-refractivity contribution in [2.24, 2.45) is 0 Å². The van der Waals surface area contributed by atoms with Gasteiger partial charge >= 0.3 is 0 Å². The van der Waals surface area contributed by atoms with Gasteiger partial charge in [0.2, 0.25) is 6.41 Å². The molecule has 1 saturated heterocycles.